The number of carbonyl (C=O) groups is 1. The Kier molecular flexibility index (Phi) is 6.92. The van der Waals surface area contributed by atoms with Gasteiger partial charge in [-0.2, -0.15) is 0 Å². The highest BCUT2D eigenvalue weighted by atomic mass is 79.9. The predicted molar refractivity (Wildman–Crippen MR) is 95.1 cm³/mol. The number of hydrogen-bond donors (Lipinski definition) is 1. The van der Waals surface area contributed by atoms with Crippen LogP contribution in [0.25, 0.3) is 0 Å². The molecule has 2 aromatic carbocycles. The van der Waals surface area contributed by atoms with Gasteiger partial charge in [0.1, 0.15) is 11.6 Å². The summed E-state index contributed by atoms with van der Waals surface area (Å²) in [6, 6.07) is 12.0. The zero-order valence-electron chi connectivity index (χ0n) is 12.6. The topological polar surface area (TPSA) is 38.3 Å². The van der Waals surface area contributed by atoms with E-state index in [1.807, 2.05) is 18.2 Å². The molecular weight excluding hydrogens is 381 g/mol. The molecule has 0 aliphatic rings. The van der Waals surface area contributed by atoms with Crippen LogP contribution in [0, 0.1) is 5.82 Å². The Morgan fingerprint density at radius 2 is 1.91 bits per heavy atom. The maximum Gasteiger partial charge on any atom is 0.230 e. The lowest BCUT2D eigenvalue weighted by molar-refractivity contribution is -0.118. The van der Waals surface area contributed by atoms with Gasteiger partial charge in [-0.15, -0.1) is 11.8 Å². The second kappa shape index (κ2) is 8.93. The van der Waals surface area contributed by atoms with Crippen LogP contribution in [0.5, 0.6) is 5.75 Å². The van der Waals surface area contributed by atoms with Crippen LogP contribution in [0.15, 0.2) is 46.9 Å². The fourth-order valence-corrected chi connectivity index (χ4v) is 3.31. The largest absolute Gasteiger partial charge is 0.496 e. The number of amides is 1. The van der Waals surface area contributed by atoms with E-state index in [4.69, 9.17) is 4.74 Å². The minimum atomic E-state index is -0.277. The first-order valence-electron chi connectivity index (χ1n) is 7.00. The van der Waals surface area contributed by atoms with Crippen molar-refractivity contribution in [1.29, 1.82) is 0 Å². The molecule has 0 spiro atoms. The Hall–Kier alpha value is -1.53. The zero-order valence-corrected chi connectivity index (χ0v) is 15.0. The molecule has 0 atom stereocenters. The molecule has 122 valence electrons. The van der Waals surface area contributed by atoms with Gasteiger partial charge in [0.05, 0.1) is 17.3 Å². The van der Waals surface area contributed by atoms with Crippen molar-refractivity contribution < 1.29 is 13.9 Å². The molecule has 1 N–H and O–H groups in total. The molecule has 2 rings (SSSR count). The van der Waals surface area contributed by atoms with Gasteiger partial charge >= 0.3 is 0 Å². The Bertz CT molecular complexity index is 664. The molecule has 2 aromatic rings. The van der Waals surface area contributed by atoms with E-state index < -0.39 is 0 Å². The molecule has 0 aliphatic heterocycles. The van der Waals surface area contributed by atoms with Crippen molar-refractivity contribution in [1.82, 2.24) is 5.32 Å². The monoisotopic (exact) mass is 397 g/mol. The highest BCUT2D eigenvalue weighted by Crippen LogP contribution is 2.27. The molecule has 3 nitrogen and oxygen atoms in total. The van der Waals surface area contributed by atoms with Gasteiger partial charge in [0.2, 0.25) is 5.91 Å². The van der Waals surface area contributed by atoms with Crippen molar-refractivity contribution in [2.45, 2.75) is 12.3 Å². The predicted octanol–water partition coefficient (Wildman–Crippen LogP) is 4.15. The van der Waals surface area contributed by atoms with Crippen LogP contribution in [0.1, 0.15) is 11.1 Å². The normalized spacial score (nSPS) is 10.4. The standard InChI is InChI=1S/C17H17BrFNO2S/c1-22-16-7-4-13(8-15(16)18)10-23-11-17(21)20-9-12-2-5-14(19)6-3-12/h2-8H,9-11H2,1H3,(H,20,21). The summed E-state index contributed by atoms with van der Waals surface area (Å²) in [4.78, 5) is 11.8. The van der Waals surface area contributed by atoms with Gasteiger partial charge in [0.25, 0.3) is 0 Å². The molecule has 0 heterocycles. The Labute approximate surface area is 147 Å². The van der Waals surface area contributed by atoms with Crippen LogP contribution in [0.3, 0.4) is 0 Å². The van der Waals surface area contributed by atoms with Gasteiger partial charge in [-0.1, -0.05) is 18.2 Å². The van der Waals surface area contributed by atoms with E-state index in [-0.39, 0.29) is 11.7 Å². The van der Waals surface area contributed by atoms with Crippen LogP contribution in [-0.2, 0) is 17.1 Å². The molecule has 0 radical (unpaired) electrons. The van der Waals surface area contributed by atoms with E-state index in [1.165, 1.54) is 12.1 Å². The first kappa shape index (κ1) is 17.8. The smallest absolute Gasteiger partial charge is 0.230 e. The second-order valence-electron chi connectivity index (χ2n) is 4.86. The highest BCUT2D eigenvalue weighted by molar-refractivity contribution is 9.10. The molecule has 0 aromatic heterocycles. The van der Waals surface area contributed by atoms with Crippen molar-refractivity contribution in [3.05, 3.63) is 63.9 Å². The Morgan fingerprint density at radius 1 is 1.22 bits per heavy atom. The summed E-state index contributed by atoms with van der Waals surface area (Å²) in [5.74, 6) is 1.60. The van der Waals surface area contributed by atoms with E-state index in [0.717, 1.165) is 27.1 Å². The lowest BCUT2D eigenvalue weighted by Crippen LogP contribution is -2.24. The average molecular weight is 398 g/mol. The van der Waals surface area contributed by atoms with Crippen molar-refractivity contribution in [2.24, 2.45) is 0 Å². The number of carbonyl (C=O) groups excluding carboxylic acids is 1. The Balaban J connectivity index is 1.72. The molecule has 0 bridgehead atoms. The second-order valence-corrected chi connectivity index (χ2v) is 6.70. The summed E-state index contributed by atoms with van der Waals surface area (Å²) < 4.78 is 18.9. The van der Waals surface area contributed by atoms with Gasteiger partial charge in [-0.05, 0) is 51.3 Å². The van der Waals surface area contributed by atoms with Crippen LogP contribution < -0.4 is 10.1 Å². The molecule has 0 saturated heterocycles. The number of ether oxygens (including phenoxy) is 1. The van der Waals surface area contributed by atoms with Gasteiger partial charge in [0, 0.05) is 12.3 Å². The maximum atomic E-state index is 12.8. The summed E-state index contributed by atoms with van der Waals surface area (Å²) >= 11 is 4.98. The zero-order chi connectivity index (χ0) is 16.7. The minimum absolute atomic E-state index is 0.0353. The highest BCUT2D eigenvalue weighted by Gasteiger charge is 2.05. The molecule has 0 saturated carbocycles. The van der Waals surface area contributed by atoms with Gasteiger partial charge < -0.3 is 10.1 Å². The lowest BCUT2D eigenvalue weighted by atomic mass is 10.2. The van der Waals surface area contributed by atoms with Crippen LogP contribution in [0.2, 0.25) is 0 Å². The van der Waals surface area contributed by atoms with Crippen molar-refractivity contribution in [3.63, 3.8) is 0 Å². The van der Waals surface area contributed by atoms with Gasteiger partial charge in [0.15, 0.2) is 0 Å². The number of thioether (sulfide) groups is 1. The number of hydrogen-bond acceptors (Lipinski definition) is 3. The van der Waals surface area contributed by atoms with E-state index in [2.05, 4.69) is 21.2 Å². The number of halogens is 2. The van der Waals surface area contributed by atoms with Crippen molar-refractivity contribution >= 4 is 33.6 Å². The molecule has 0 unspecified atom stereocenters. The summed E-state index contributed by atoms with van der Waals surface area (Å²) in [6.45, 7) is 0.410. The number of nitrogens with one attached hydrogen (secondary N) is 1. The molecule has 23 heavy (non-hydrogen) atoms. The van der Waals surface area contributed by atoms with Crippen LogP contribution in [-0.4, -0.2) is 18.8 Å². The third-order valence-electron chi connectivity index (χ3n) is 3.12. The van der Waals surface area contributed by atoms with E-state index in [0.29, 0.717) is 12.3 Å². The van der Waals surface area contributed by atoms with Gasteiger partial charge in [-0.25, -0.2) is 4.39 Å². The summed E-state index contributed by atoms with van der Waals surface area (Å²) in [5.41, 5.74) is 2.00. The fourth-order valence-electron chi connectivity index (χ4n) is 1.92. The molecule has 6 heteroatoms. The van der Waals surface area contributed by atoms with E-state index >= 15 is 0 Å². The molecule has 0 fully saturated rings. The third-order valence-corrected chi connectivity index (χ3v) is 4.74. The Morgan fingerprint density at radius 3 is 2.57 bits per heavy atom. The third kappa shape index (κ3) is 5.88. The molecular formula is C17H17BrFNO2S. The SMILES string of the molecule is COc1ccc(CSCC(=O)NCc2ccc(F)cc2)cc1Br. The minimum Gasteiger partial charge on any atom is -0.496 e. The van der Waals surface area contributed by atoms with Crippen molar-refractivity contribution in [2.75, 3.05) is 12.9 Å². The first-order chi connectivity index (χ1) is 11.1. The fraction of sp³-hybridized carbons (Fsp3) is 0.235. The van der Waals surface area contributed by atoms with E-state index in [1.54, 1.807) is 31.0 Å². The number of rotatable bonds is 7. The molecule has 1 amide bonds. The molecule has 0 aliphatic carbocycles. The number of methoxy groups -OCH3 is 1. The number of benzene rings is 2. The summed E-state index contributed by atoms with van der Waals surface area (Å²) in [6.07, 6.45) is 0. The van der Waals surface area contributed by atoms with Gasteiger partial charge in [-0.3, -0.25) is 4.79 Å². The summed E-state index contributed by atoms with van der Waals surface area (Å²) in [5, 5.41) is 2.82. The summed E-state index contributed by atoms with van der Waals surface area (Å²) in [7, 11) is 1.62. The quantitative estimate of drug-likeness (QED) is 0.762. The lowest BCUT2D eigenvalue weighted by Gasteiger charge is -2.07. The maximum absolute atomic E-state index is 12.8. The average Bonchev–Trinajstić information content (AvgIpc) is 2.54. The van der Waals surface area contributed by atoms with Crippen LogP contribution >= 0.6 is 27.7 Å². The van der Waals surface area contributed by atoms with Crippen molar-refractivity contribution in [3.8, 4) is 5.75 Å². The van der Waals surface area contributed by atoms with E-state index in [9.17, 15) is 9.18 Å². The van der Waals surface area contributed by atoms with Crippen LogP contribution in [0.4, 0.5) is 4.39 Å². The first-order valence-corrected chi connectivity index (χ1v) is 8.94.